The molecular weight excluding hydrogens is 370 g/mol. The molecule has 0 bridgehead atoms. The van der Waals surface area contributed by atoms with Gasteiger partial charge in [-0.05, 0) is 54.3 Å². The second-order valence-electron chi connectivity index (χ2n) is 6.07. The Bertz CT molecular complexity index is 1070. The van der Waals surface area contributed by atoms with Crippen molar-refractivity contribution in [1.82, 2.24) is 0 Å². The quantitative estimate of drug-likeness (QED) is 0.590. The van der Waals surface area contributed by atoms with E-state index in [1.807, 2.05) is 0 Å². The van der Waals surface area contributed by atoms with Crippen LogP contribution >= 0.6 is 0 Å². The van der Waals surface area contributed by atoms with Crippen LogP contribution in [0.2, 0.25) is 0 Å². The molecule has 0 aliphatic rings. The van der Waals surface area contributed by atoms with E-state index in [0.717, 1.165) is 11.6 Å². The van der Waals surface area contributed by atoms with Gasteiger partial charge < -0.3 is 0 Å². The van der Waals surface area contributed by atoms with E-state index in [4.69, 9.17) is 0 Å². The van der Waals surface area contributed by atoms with Crippen LogP contribution in [0.4, 0.5) is 8.78 Å². The fourth-order valence-electron chi connectivity index (χ4n) is 2.73. The van der Waals surface area contributed by atoms with Crippen molar-refractivity contribution in [2.24, 2.45) is 0 Å². The molecule has 0 radical (unpaired) electrons. The van der Waals surface area contributed by atoms with Gasteiger partial charge in [-0.1, -0.05) is 30.3 Å². The van der Waals surface area contributed by atoms with Crippen molar-refractivity contribution in [3.8, 4) is 0 Å². The fraction of sp³-hybridized carbons (Fsp3) is 0.0952. The van der Waals surface area contributed by atoms with Crippen LogP contribution in [0.5, 0.6) is 0 Å². The lowest BCUT2D eigenvalue weighted by molar-refractivity contribution is 0.112. The van der Waals surface area contributed by atoms with Crippen LogP contribution in [0.25, 0.3) is 0 Å². The molecule has 0 unspecified atom stereocenters. The van der Waals surface area contributed by atoms with Crippen LogP contribution in [0, 0.1) is 11.6 Å². The lowest BCUT2D eigenvalue weighted by Crippen LogP contribution is -2.03. The molecule has 0 fully saturated rings. The van der Waals surface area contributed by atoms with E-state index in [0.29, 0.717) is 24.7 Å². The third kappa shape index (κ3) is 4.28. The highest BCUT2D eigenvalue weighted by molar-refractivity contribution is 7.91. The molecule has 0 amide bonds. The molecule has 0 N–H and O–H groups in total. The van der Waals surface area contributed by atoms with Gasteiger partial charge in [-0.25, -0.2) is 17.2 Å². The van der Waals surface area contributed by atoms with Gasteiger partial charge in [0.15, 0.2) is 0 Å². The summed E-state index contributed by atoms with van der Waals surface area (Å²) < 4.78 is 52.0. The molecule has 0 saturated heterocycles. The van der Waals surface area contributed by atoms with Crippen LogP contribution in [-0.4, -0.2) is 14.7 Å². The molecule has 0 heterocycles. The molecule has 3 aromatic carbocycles. The topological polar surface area (TPSA) is 51.2 Å². The molecule has 138 valence electrons. The molecule has 6 heteroatoms. The van der Waals surface area contributed by atoms with Crippen LogP contribution < -0.4 is 0 Å². The predicted molar refractivity (Wildman–Crippen MR) is 97.5 cm³/mol. The summed E-state index contributed by atoms with van der Waals surface area (Å²) >= 11 is 0. The normalized spacial score (nSPS) is 11.3. The Labute approximate surface area is 156 Å². The smallest absolute Gasteiger partial charge is 0.206 e. The van der Waals surface area contributed by atoms with E-state index >= 15 is 0 Å². The van der Waals surface area contributed by atoms with Gasteiger partial charge in [-0.3, -0.25) is 4.79 Å². The molecule has 0 saturated carbocycles. The van der Waals surface area contributed by atoms with E-state index in [9.17, 15) is 22.0 Å². The van der Waals surface area contributed by atoms with Crippen molar-refractivity contribution >= 4 is 16.1 Å². The van der Waals surface area contributed by atoms with Gasteiger partial charge in [0.1, 0.15) is 17.9 Å². The maximum Gasteiger partial charge on any atom is 0.206 e. The Morgan fingerprint density at radius 1 is 0.815 bits per heavy atom. The van der Waals surface area contributed by atoms with Gasteiger partial charge in [-0.15, -0.1) is 0 Å². The summed E-state index contributed by atoms with van der Waals surface area (Å²) in [5, 5.41) is 0. The van der Waals surface area contributed by atoms with Gasteiger partial charge in [0.25, 0.3) is 0 Å². The first-order valence-electron chi connectivity index (χ1n) is 8.23. The minimum absolute atomic E-state index is 0.0493. The van der Waals surface area contributed by atoms with E-state index in [1.54, 1.807) is 12.1 Å². The average molecular weight is 386 g/mol. The lowest BCUT2D eigenvalue weighted by Gasteiger charge is -2.07. The number of halogens is 2. The maximum absolute atomic E-state index is 13.7. The number of sulfone groups is 1. The van der Waals surface area contributed by atoms with E-state index in [2.05, 4.69) is 0 Å². The molecule has 3 aromatic rings. The third-order valence-electron chi connectivity index (χ3n) is 4.24. The Morgan fingerprint density at radius 2 is 1.56 bits per heavy atom. The van der Waals surface area contributed by atoms with Gasteiger partial charge in [0, 0.05) is 11.6 Å². The zero-order valence-corrected chi connectivity index (χ0v) is 15.0. The first-order valence-corrected chi connectivity index (χ1v) is 9.71. The second-order valence-corrected chi connectivity index (χ2v) is 8.02. The molecule has 0 aliphatic carbocycles. The van der Waals surface area contributed by atoms with Crippen molar-refractivity contribution in [1.29, 1.82) is 0 Å². The number of hydrogen-bond donors (Lipinski definition) is 0. The number of carbonyl (C=O) groups is 1. The summed E-state index contributed by atoms with van der Waals surface area (Å²) in [6.07, 6.45) is 1.46. The summed E-state index contributed by atoms with van der Waals surface area (Å²) in [4.78, 5) is 11.0. The Hall–Kier alpha value is -2.86. The predicted octanol–water partition coefficient (Wildman–Crippen LogP) is 4.40. The number of carbonyl (C=O) groups excluding carboxylic acids is 1. The monoisotopic (exact) mass is 386 g/mol. The van der Waals surface area contributed by atoms with Gasteiger partial charge in [0.2, 0.25) is 9.84 Å². The Balaban J connectivity index is 1.77. The van der Waals surface area contributed by atoms with Gasteiger partial charge in [-0.2, -0.15) is 0 Å². The number of aryl methyl sites for hydroxylation is 2. The molecule has 27 heavy (non-hydrogen) atoms. The molecule has 0 aromatic heterocycles. The largest absolute Gasteiger partial charge is 0.298 e. The SMILES string of the molecule is O=Cc1cccc(S(=O)(=O)c2ccc(CCc3ccc(F)cc3F)cc2)c1. The maximum atomic E-state index is 13.7. The van der Waals surface area contributed by atoms with Gasteiger partial charge in [0.05, 0.1) is 9.79 Å². The Kier molecular flexibility index (Phi) is 5.46. The minimum Gasteiger partial charge on any atom is -0.298 e. The molecule has 0 atom stereocenters. The third-order valence-corrected chi connectivity index (χ3v) is 6.00. The van der Waals surface area contributed by atoms with Crippen LogP contribution in [0.1, 0.15) is 21.5 Å². The highest BCUT2D eigenvalue weighted by Gasteiger charge is 2.17. The highest BCUT2D eigenvalue weighted by atomic mass is 32.2. The summed E-state index contributed by atoms with van der Waals surface area (Å²) in [6.45, 7) is 0. The van der Waals surface area contributed by atoms with Crippen molar-refractivity contribution in [3.63, 3.8) is 0 Å². The molecular formula is C21H16F2O3S. The summed E-state index contributed by atoms with van der Waals surface area (Å²) in [5.74, 6) is -1.21. The zero-order valence-electron chi connectivity index (χ0n) is 14.2. The highest BCUT2D eigenvalue weighted by Crippen LogP contribution is 2.22. The molecule has 3 nitrogen and oxygen atoms in total. The van der Waals surface area contributed by atoms with Crippen molar-refractivity contribution in [2.75, 3.05) is 0 Å². The summed E-state index contributed by atoms with van der Waals surface area (Å²) in [6, 6.07) is 15.6. The fourth-order valence-corrected chi connectivity index (χ4v) is 4.05. The molecule has 0 spiro atoms. The summed E-state index contributed by atoms with van der Waals surface area (Å²) in [5.41, 5.74) is 1.52. The lowest BCUT2D eigenvalue weighted by atomic mass is 10.0. The van der Waals surface area contributed by atoms with E-state index in [1.165, 1.54) is 48.5 Å². The number of rotatable bonds is 6. The summed E-state index contributed by atoms with van der Waals surface area (Å²) in [7, 11) is -3.73. The van der Waals surface area contributed by atoms with Crippen molar-refractivity contribution in [2.45, 2.75) is 22.6 Å². The van der Waals surface area contributed by atoms with Crippen LogP contribution in [0.3, 0.4) is 0 Å². The van der Waals surface area contributed by atoms with E-state index < -0.39 is 21.5 Å². The van der Waals surface area contributed by atoms with Crippen LogP contribution in [-0.2, 0) is 22.7 Å². The zero-order chi connectivity index (χ0) is 19.4. The number of benzene rings is 3. The molecule has 0 aliphatic heterocycles. The van der Waals surface area contributed by atoms with Crippen molar-refractivity contribution in [3.05, 3.63) is 95.1 Å². The second kappa shape index (κ2) is 7.80. The number of aldehydes is 1. The minimum atomic E-state index is -3.73. The molecule has 3 rings (SSSR count). The van der Waals surface area contributed by atoms with Crippen molar-refractivity contribution < 1.29 is 22.0 Å². The first kappa shape index (κ1) is 18.9. The first-order chi connectivity index (χ1) is 12.9. The van der Waals surface area contributed by atoms with E-state index in [-0.39, 0.29) is 15.4 Å². The van der Waals surface area contributed by atoms with Gasteiger partial charge >= 0.3 is 0 Å². The Morgan fingerprint density at radius 3 is 2.22 bits per heavy atom. The number of hydrogen-bond acceptors (Lipinski definition) is 3. The standard InChI is InChI=1S/C21H16F2O3S/c22-18-9-8-17(21(23)13-18)7-4-15-5-10-19(11-6-15)27(25,26)20-3-1-2-16(12-20)14-24/h1-3,5-6,8-14H,4,7H2. The average Bonchev–Trinajstić information content (AvgIpc) is 2.67. The van der Waals surface area contributed by atoms with Crippen LogP contribution in [0.15, 0.2) is 76.5 Å².